The van der Waals surface area contributed by atoms with Crippen LogP contribution in [0.2, 0.25) is 0 Å². The Bertz CT molecular complexity index is 577. The van der Waals surface area contributed by atoms with Crippen molar-refractivity contribution in [1.29, 1.82) is 0 Å². The first-order chi connectivity index (χ1) is 9.35. The monoisotopic (exact) mass is 299 g/mol. The van der Waals surface area contributed by atoms with Crippen molar-refractivity contribution >= 4 is 21.3 Å². The first-order valence-electron chi connectivity index (χ1n) is 6.34. The molecule has 0 atom stereocenters. The third-order valence-electron chi connectivity index (χ3n) is 2.81. The molecule has 0 unspecified atom stereocenters. The van der Waals surface area contributed by atoms with Gasteiger partial charge in [-0.1, -0.05) is 19.8 Å². The maximum atomic E-state index is 11.8. The Balaban J connectivity index is 2.68. The third kappa shape index (κ3) is 5.08. The van der Waals surface area contributed by atoms with Crippen LogP contribution in [0.15, 0.2) is 24.3 Å². The molecule has 0 fully saturated rings. The first-order valence-corrected chi connectivity index (χ1v) is 8.16. The molecule has 0 heterocycles. The summed E-state index contributed by atoms with van der Waals surface area (Å²) >= 11 is 0. The summed E-state index contributed by atoms with van der Waals surface area (Å²) in [5.74, 6) is -1.08. The van der Waals surface area contributed by atoms with E-state index in [0.717, 1.165) is 12.8 Å². The average molecular weight is 299 g/mol. The van der Waals surface area contributed by atoms with Gasteiger partial charge in [0.25, 0.3) is 5.69 Å². The number of nitrogens with zero attached hydrogens (tertiary/aromatic N) is 1. The number of carbonyl (C=O) groups excluding carboxylic acids is 1. The average Bonchev–Trinajstić information content (AvgIpc) is 2.38. The van der Waals surface area contributed by atoms with E-state index in [4.69, 9.17) is 0 Å². The molecule has 0 saturated heterocycles. The van der Waals surface area contributed by atoms with E-state index in [1.807, 2.05) is 6.92 Å². The van der Waals surface area contributed by atoms with Crippen LogP contribution in [0.1, 0.15) is 36.5 Å². The van der Waals surface area contributed by atoms with Gasteiger partial charge < -0.3 is 0 Å². The van der Waals surface area contributed by atoms with Crippen LogP contribution in [0.5, 0.6) is 0 Å². The zero-order chi connectivity index (χ0) is 15.2. The Morgan fingerprint density at radius 3 is 2.30 bits per heavy atom. The van der Waals surface area contributed by atoms with Crippen LogP contribution >= 0.6 is 0 Å². The Morgan fingerprint density at radius 1 is 1.20 bits per heavy atom. The van der Waals surface area contributed by atoms with Gasteiger partial charge >= 0.3 is 0 Å². The molecule has 7 heteroatoms. The highest BCUT2D eigenvalue weighted by molar-refractivity contribution is 7.92. The molecule has 0 aliphatic rings. The largest absolute Gasteiger partial charge is 0.293 e. The number of Topliss-reactive ketones (excluding diaryl/α,β-unsaturated/α-hetero) is 1. The number of hydrogen-bond acceptors (Lipinski definition) is 5. The number of unbranched alkanes of at least 4 members (excludes halogenated alkanes) is 2. The van der Waals surface area contributed by atoms with Crippen molar-refractivity contribution in [3.05, 3.63) is 39.9 Å². The van der Waals surface area contributed by atoms with Crippen LogP contribution in [-0.4, -0.2) is 30.6 Å². The van der Waals surface area contributed by atoms with Gasteiger partial charge in [0, 0.05) is 17.7 Å². The minimum absolute atomic E-state index is 0.000435. The summed E-state index contributed by atoms with van der Waals surface area (Å²) in [6, 6.07) is 4.94. The van der Waals surface area contributed by atoms with E-state index >= 15 is 0 Å². The molecule has 1 rings (SSSR count). The molecular weight excluding hydrogens is 282 g/mol. The van der Waals surface area contributed by atoms with Gasteiger partial charge in [-0.05, 0) is 18.6 Å². The lowest BCUT2D eigenvalue weighted by molar-refractivity contribution is -0.384. The van der Waals surface area contributed by atoms with E-state index in [-0.39, 0.29) is 17.0 Å². The molecule has 20 heavy (non-hydrogen) atoms. The number of carbonyl (C=O) groups is 1. The first kappa shape index (κ1) is 16.3. The Hall–Kier alpha value is -1.76. The standard InChI is InChI=1S/C13H17NO5S/c1-2-3-4-9-20(18,19)10-13(15)11-5-7-12(8-6-11)14(16)17/h5-8H,2-4,9-10H2,1H3. The van der Waals surface area contributed by atoms with E-state index in [2.05, 4.69) is 0 Å². The highest BCUT2D eigenvalue weighted by Gasteiger charge is 2.18. The molecule has 0 radical (unpaired) electrons. The van der Waals surface area contributed by atoms with Gasteiger partial charge in [-0.15, -0.1) is 0 Å². The van der Waals surface area contributed by atoms with Crippen molar-refractivity contribution in [1.82, 2.24) is 0 Å². The summed E-state index contributed by atoms with van der Waals surface area (Å²) in [4.78, 5) is 21.7. The Labute approximate surface area is 117 Å². The highest BCUT2D eigenvalue weighted by Crippen LogP contribution is 2.13. The molecule has 0 aliphatic heterocycles. The molecule has 0 amide bonds. The van der Waals surface area contributed by atoms with E-state index in [9.17, 15) is 23.3 Å². The highest BCUT2D eigenvalue weighted by atomic mass is 32.2. The number of non-ortho nitro benzene ring substituents is 1. The molecule has 0 N–H and O–H groups in total. The van der Waals surface area contributed by atoms with E-state index in [1.165, 1.54) is 24.3 Å². The lowest BCUT2D eigenvalue weighted by Gasteiger charge is -2.03. The fourth-order valence-corrected chi connectivity index (χ4v) is 3.05. The molecule has 0 aromatic heterocycles. The molecule has 110 valence electrons. The van der Waals surface area contributed by atoms with Crippen LogP contribution in [0.3, 0.4) is 0 Å². The molecule has 0 saturated carbocycles. The number of ketones is 1. The van der Waals surface area contributed by atoms with E-state index in [1.54, 1.807) is 0 Å². The number of rotatable bonds is 8. The fraction of sp³-hybridized carbons (Fsp3) is 0.462. The molecule has 0 aliphatic carbocycles. The van der Waals surface area contributed by atoms with Crippen molar-refractivity contribution in [2.45, 2.75) is 26.2 Å². The van der Waals surface area contributed by atoms with Gasteiger partial charge in [0.15, 0.2) is 15.6 Å². The quantitative estimate of drug-likeness (QED) is 0.318. The fourth-order valence-electron chi connectivity index (χ4n) is 1.70. The van der Waals surface area contributed by atoms with Crippen LogP contribution in [0.25, 0.3) is 0 Å². The topological polar surface area (TPSA) is 94.3 Å². The van der Waals surface area contributed by atoms with E-state index < -0.39 is 26.3 Å². The SMILES string of the molecule is CCCCCS(=O)(=O)CC(=O)c1ccc([N+](=O)[O-])cc1. The smallest absolute Gasteiger partial charge is 0.269 e. The Kier molecular flexibility index (Phi) is 5.82. The second kappa shape index (κ2) is 7.14. The summed E-state index contributed by atoms with van der Waals surface area (Å²) in [5.41, 5.74) is 0.0435. The zero-order valence-corrected chi connectivity index (χ0v) is 12.1. The molecule has 0 spiro atoms. The number of hydrogen-bond donors (Lipinski definition) is 0. The summed E-state index contributed by atoms with van der Waals surface area (Å²) in [5, 5.41) is 10.5. The third-order valence-corrected chi connectivity index (χ3v) is 4.42. The predicted molar refractivity (Wildman–Crippen MR) is 75.6 cm³/mol. The van der Waals surface area contributed by atoms with Crippen molar-refractivity contribution in [2.24, 2.45) is 0 Å². The molecule has 1 aromatic carbocycles. The van der Waals surface area contributed by atoms with Crippen LogP contribution in [0.4, 0.5) is 5.69 Å². The summed E-state index contributed by atoms with van der Waals surface area (Å²) < 4.78 is 23.5. The summed E-state index contributed by atoms with van der Waals surface area (Å²) in [6.07, 6.45) is 2.27. The minimum atomic E-state index is -3.41. The second-order valence-corrected chi connectivity index (χ2v) is 6.71. The van der Waals surface area contributed by atoms with Gasteiger partial charge in [0.1, 0.15) is 5.75 Å². The summed E-state index contributed by atoms with van der Waals surface area (Å²) in [6.45, 7) is 1.97. The second-order valence-electron chi connectivity index (χ2n) is 4.53. The van der Waals surface area contributed by atoms with Gasteiger partial charge in [-0.2, -0.15) is 0 Å². The molecule has 6 nitrogen and oxygen atoms in total. The lowest BCUT2D eigenvalue weighted by atomic mass is 10.1. The molecular formula is C13H17NO5S. The summed E-state index contributed by atoms with van der Waals surface area (Å²) in [7, 11) is -3.41. The van der Waals surface area contributed by atoms with Gasteiger partial charge in [0.2, 0.25) is 0 Å². The van der Waals surface area contributed by atoms with Gasteiger partial charge in [-0.25, -0.2) is 8.42 Å². The van der Waals surface area contributed by atoms with Gasteiger partial charge in [0.05, 0.1) is 10.7 Å². The van der Waals surface area contributed by atoms with Crippen molar-refractivity contribution < 1.29 is 18.1 Å². The van der Waals surface area contributed by atoms with Crippen molar-refractivity contribution in [2.75, 3.05) is 11.5 Å². The number of sulfone groups is 1. The van der Waals surface area contributed by atoms with Gasteiger partial charge in [-0.3, -0.25) is 14.9 Å². The van der Waals surface area contributed by atoms with Crippen LogP contribution < -0.4 is 0 Å². The van der Waals surface area contributed by atoms with Crippen molar-refractivity contribution in [3.63, 3.8) is 0 Å². The molecule has 0 bridgehead atoms. The number of benzene rings is 1. The van der Waals surface area contributed by atoms with Crippen LogP contribution in [0, 0.1) is 10.1 Å². The lowest BCUT2D eigenvalue weighted by Crippen LogP contribution is -2.19. The van der Waals surface area contributed by atoms with Crippen LogP contribution in [-0.2, 0) is 9.84 Å². The normalized spacial score (nSPS) is 11.2. The van der Waals surface area contributed by atoms with E-state index in [0.29, 0.717) is 6.42 Å². The Morgan fingerprint density at radius 2 is 1.80 bits per heavy atom. The maximum absolute atomic E-state index is 11.8. The predicted octanol–water partition coefficient (Wildman–Crippen LogP) is 2.38. The number of nitro benzene ring substituents is 1. The maximum Gasteiger partial charge on any atom is 0.269 e. The minimum Gasteiger partial charge on any atom is -0.293 e. The number of nitro groups is 1. The zero-order valence-electron chi connectivity index (χ0n) is 11.2. The molecule has 1 aromatic rings. The van der Waals surface area contributed by atoms with Crippen molar-refractivity contribution in [3.8, 4) is 0 Å².